The van der Waals surface area contributed by atoms with E-state index in [-0.39, 0.29) is 5.91 Å². The van der Waals surface area contributed by atoms with Crippen LogP contribution < -0.4 is 19.5 Å². The third-order valence-corrected chi connectivity index (χ3v) is 4.21. The van der Waals surface area contributed by atoms with Crippen molar-refractivity contribution in [1.29, 1.82) is 0 Å². The molecule has 0 heterocycles. The molecular formula is C21H25NO6. The molecular weight excluding hydrogens is 362 g/mol. The van der Waals surface area contributed by atoms with E-state index in [4.69, 9.17) is 19.3 Å². The summed E-state index contributed by atoms with van der Waals surface area (Å²) in [6, 6.07) is 9.02. The highest BCUT2D eigenvalue weighted by atomic mass is 16.5. The Hall–Kier alpha value is -3.22. The molecule has 0 fully saturated rings. The van der Waals surface area contributed by atoms with Crippen LogP contribution in [-0.2, 0) is 11.2 Å². The number of aryl methyl sites for hydroxylation is 2. The monoisotopic (exact) mass is 387 g/mol. The molecule has 0 aliphatic carbocycles. The minimum absolute atomic E-state index is 0.198. The predicted octanol–water partition coefficient (Wildman–Crippen LogP) is 2.76. The Morgan fingerprint density at radius 1 is 1.00 bits per heavy atom. The highest BCUT2D eigenvalue weighted by Crippen LogP contribution is 2.28. The van der Waals surface area contributed by atoms with Gasteiger partial charge in [0, 0.05) is 12.1 Å². The molecule has 0 unspecified atom stereocenters. The average molecular weight is 387 g/mol. The first-order valence-corrected chi connectivity index (χ1v) is 8.80. The van der Waals surface area contributed by atoms with Crippen LogP contribution in [0.1, 0.15) is 27.0 Å². The van der Waals surface area contributed by atoms with E-state index in [9.17, 15) is 9.59 Å². The van der Waals surface area contributed by atoms with Gasteiger partial charge in [-0.1, -0.05) is 6.07 Å². The van der Waals surface area contributed by atoms with Gasteiger partial charge in [-0.05, 0) is 61.2 Å². The number of methoxy groups -OCH3 is 2. The third kappa shape index (κ3) is 5.39. The normalized spacial score (nSPS) is 10.3. The van der Waals surface area contributed by atoms with Gasteiger partial charge < -0.3 is 24.6 Å². The van der Waals surface area contributed by atoms with Crippen molar-refractivity contribution in [3.05, 3.63) is 52.6 Å². The minimum atomic E-state index is -1.05. The number of hydrogen-bond acceptors (Lipinski definition) is 5. The van der Waals surface area contributed by atoms with Crippen LogP contribution in [0.3, 0.4) is 0 Å². The van der Waals surface area contributed by atoms with Crippen molar-refractivity contribution in [2.75, 3.05) is 27.4 Å². The van der Waals surface area contributed by atoms with Gasteiger partial charge >= 0.3 is 5.97 Å². The molecule has 0 saturated carbocycles. The van der Waals surface area contributed by atoms with Crippen LogP contribution >= 0.6 is 0 Å². The average Bonchev–Trinajstić information content (AvgIpc) is 2.66. The van der Waals surface area contributed by atoms with E-state index >= 15 is 0 Å². The van der Waals surface area contributed by atoms with Crippen LogP contribution in [0.4, 0.5) is 0 Å². The van der Waals surface area contributed by atoms with Crippen molar-refractivity contribution in [3.8, 4) is 17.2 Å². The molecule has 2 N–H and O–H groups in total. The number of carboxylic acids is 1. The lowest BCUT2D eigenvalue weighted by atomic mass is 10.0. The Morgan fingerprint density at radius 3 is 2.21 bits per heavy atom. The van der Waals surface area contributed by atoms with E-state index in [0.29, 0.717) is 46.9 Å². The summed E-state index contributed by atoms with van der Waals surface area (Å²) in [5.41, 5.74) is 2.95. The van der Waals surface area contributed by atoms with Crippen molar-refractivity contribution in [2.24, 2.45) is 0 Å². The fourth-order valence-electron chi connectivity index (χ4n) is 2.90. The summed E-state index contributed by atoms with van der Waals surface area (Å²) in [5, 5.41) is 11.6. The number of benzene rings is 2. The van der Waals surface area contributed by atoms with Crippen LogP contribution in [0, 0.1) is 13.8 Å². The summed E-state index contributed by atoms with van der Waals surface area (Å²) in [6.07, 6.45) is 0.643. The Labute approximate surface area is 164 Å². The zero-order valence-electron chi connectivity index (χ0n) is 16.5. The van der Waals surface area contributed by atoms with Gasteiger partial charge in [-0.2, -0.15) is 0 Å². The smallest absolute Gasteiger partial charge is 0.341 e. The predicted molar refractivity (Wildman–Crippen MR) is 105 cm³/mol. The Bertz CT molecular complexity index is 839. The van der Waals surface area contributed by atoms with Crippen molar-refractivity contribution in [2.45, 2.75) is 20.3 Å². The van der Waals surface area contributed by atoms with Gasteiger partial charge in [-0.3, -0.25) is 4.79 Å². The van der Waals surface area contributed by atoms with Crippen LogP contribution in [0.15, 0.2) is 30.3 Å². The number of hydrogen-bond donors (Lipinski definition) is 2. The molecule has 0 bridgehead atoms. The summed E-state index contributed by atoms with van der Waals surface area (Å²) in [6.45, 7) is 3.61. The standard InChI is InChI=1S/C21H25NO6/c1-13-9-16(10-14(2)20(13)28-12-19(23)24)21(25)22-8-7-15-5-6-17(26-3)18(11-15)27-4/h5-6,9-11H,7-8,12H2,1-4H3,(H,22,25)(H,23,24). The van der Waals surface area contributed by atoms with Crippen molar-refractivity contribution in [1.82, 2.24) is 5.32 Å². The second kappa shape index (κ2) is 9.64. The van der Waals surface area contributed by atoms with Gasteiger partial charge in [-0.15, -0.1) is 0 Å². The molecule has 28 heavy (non-hydrogen) atoms. The number of carbonyl (C=O) groups excluding carboxylic acids is 1. The second-order valence-electron chi connectivity index (χ2n) is 6.32. The molecule has 2 rings (SSSR count). The number of amides is 1. The number of ether oxygens (including phenoxy) is 3. The van der Waals surface area contributed by atoms with Crippen molar-refractivity contribution in [3.63, 3.8) is 0 Å². The fraction of sp³-hybridized carbons (Fsp3) is 0.333. The fourth-order valence-corrected chi connectivity index (χ4v) is 2.90. The summed E-state index contributed by atoms with van der Waals surface area (Å²) >= 11 is 0. The Balaban J connectivity index is 1.99. The quantitative estimate of drug-likeness (QED) is 0.687. The molecule has 2 aromatic rings. The lowest BCUT2D eigenvalue weighted by molar-refractivity contribution is -0.139. The molecule has 0 aliphatic rings. The van der Waals surface area contributed by atoms with E-state index in [2.05, 4.69) is 5.32 Å². The van der Waals surface area contributed by atoms with Gasteiger partial charge in [-0.25, -0.2) is 4.79 Å². The SMILES string of the molecule is COc1ccc(CCNC(=O)c2cc(C)c(OCC(=O)O)c(C)c2)cc1OC. The van der Waals surface area contributed by atoms with E-state index in [1.54, 1.807) is 40.2 Å². The third-order valence-electron chi connectivity index (χ3n) is 4.21. The highest BCUT2D eigenvalue weighted by molar-refractivity contribution is 5.94. The van der Waals surface area contributed by atoms with Gasteiger partial charge in [0.15, 0.2) is 18.1 Å². The number of carboxylic acid groups (broad SMARTS) is 1. The van der Waals surface area contributed by atoms with Gasteiger partial charge in [0.2, 0.25) is 0 Å². The molecule has 150 valence electrons. The van der Waals surface area contributed by atoms with E-state index in [1.165, 1.54) is 0 Å². The van der Waals surface area contributed by atoms with Crippen LogP contribution in [0.25, 0.3) is 0 Å². The van der Waals surface area contributed by atoms with Crippen LogP contribution in [-0.4, -0.2) is 44.4 Å². The summed E-state index contributed by atoms with van der Waals surface area (Å²) in [4.78, 5) is 23.1. The maximum atomic E-state index is 12.4. The van der Waals surface area contributed by atoms with Crippen LogP contribution in [0.5, 0.6) is 17.2 Å². The Morgan fingerprint density at radius 2 is 1.64 bits per heavy atom. The highest BCUT2D eigenvalue weighted by Gasteiger charge is 2.13. The maximum Gasteiger partial charge on any atom is 0.341 e. The summed E-state index contributed by atoms with van der Waals surface area (Å²) in [7, 11) is 3.16. The minimum Gasteiger partial charge on any atom is -0.493 e. The molecule has 1 amide bonds. The zero-order valence-corrected chi connectivity index (χ0v) is 16.5. The lowest BCUT2D eigenvalue weighted by Crippen LogP contribution is -2.26. The van der Waals surface area contributed by atoms with Crippen molar-refractivity contribution >= 4 is 11.9 Å². The van der Waals surface area contributed by atoms with E-state index in [0.717, 1.165) is 5.56 Å². The van der Waals surface area contributed by atoms with Crippen LogP contribution in [0.2, 0.25) is 0 Å². The summed E-state index contributed by atoms with van der Waals surface area (Å²) in [5.74, 6) is 0.553. The summed E-state index contributed by atoms with van der Waals surface area (Å²) < 4.78 is 15.8. The molecule has 2 aromatic carbocycles. The lowest BCUT2D eigenvalue weighted by Gasteiger charge is -2.13. The molecule has 0 atom stereocenters. The maximum absolute atomic E-state index is 12.4. The van der Waals surface area contributed by atoms with E-state index < -0.39 is 12.6 Å². The first kappa shape index (κ1) is 21.1. The largest absolute Gasteiger partial charge is 0.493 e. The van der Waals surface area contributed by atoms with E-state index in [1.807, 2.05) is 18.2 Å². The molecule has 0 spiro atoms. The second-order valence-corrected chi connectivity index (χ2v) is 6.32. The van der Waals surface area contributed by atoms with Gasteiger partial charge in [0.1, 0.15) is 5.75 Å². The number of aliphatic carboxylic acids is 1. The number of nitrogens with one attached hydrogen (secondary N) is 1. The van der Waals surface area contributed by atoms with Gasteiger partial charge in [0.25, 0.3) is 5.91 Å². The zero-order chi connectivity index (χ0) is 20.7. The molecule has 7 heteroatoms. The molecule has 0 radical (unpaired) electrons. The first-order valence-electron chi connectivity index (χ1n) is 8.80. The molecule has 0 saturated heterocycles. The molecule has 0 aromatic heterocycles. The Kier molecular flexibility index (Phi) is 7.26. The van der Waals surface area contributed by atoms with Crippen molar-refractivity contribution < 1.29 is 28.9 Å². The topological polar surface area (TPSA) is 94.1 Å². The molecule has 7 nitrogen and oxygen atoms in total. The number of rotatable bonds is 9. The first-order chi connectivity index (χ1) is 13.3. The molecule has 0 aliphatic heterocycles. The van der Waals surface area contributed by atoms with Gasteiger partial charge in [0.05, 0.1) is 14.2 Å². The number of carbonyl (C=O) groups is 2.